The summed E-state index contributed by atoms with van der Waals surface area (Å²) in [6.45, 7) is 25.8. The number of hydrogen-bond donors (Lipinski definition) is 4. The molecule has 4 aromatic rings. The van der Waals surface area contributed by atoms with Gasteiger partial charge in [0.2, 0.25) is 0 Å². The largest absolute Gasteiger partial charge is 0.348 e. The van der Waals surface area contributed by atoms with Gasteiger partial charge in [0.15, 0.2) is 0 Å². The molecule has 4 N–H and O–H groups in total. The monoisotopic (exact) mass is 496 g/mol. The number of H-pyrrole nitrogens is 4. The van der Waals surface area contributed by atoms with E-state index in [-0.39, 0.29) is 21.7 Å². The van der Waals surface area contributed by atoms with E-state index < -0.39 is 0 Å². The van der Waals surface area contributed by atoms with Crippen molar-refractivity contribution < 1.29 is 0 Å². The molecule has 36 heavy (non-hydrogen) atoms. The van der Waals surface area contributed by atoms with E-state index in [1.807, 2.05) is 24.5 Å². The molecule has 0 saturated heterocycles. The fourth-order valence-electron chi connectivity index (χ4n) is 2.68. The summed E-state index contributed by atoms with van der Waals surface area (Å²) in [7, 11) is 0. The Labute approximate surface area is 217 Å². The highest BCUT2D eigenvalue weighted by Crippen LogP contribution is 2.20. The van der Waals surface area contributed by atoms with E-state index in [0.29, 0.717) is 0 Å². The highest BCUT2D eigenvalue weighted by Gasteiger charge is 2.15. The average molecular weight is 497 g/mol. The molecule has 0 aliphatic carbocycles. The van der Waals surface area contributed by atoms with E-state index >= 15 is 0 Å². The second kappa shape index (κ2) is 12.7. The predicted molar refractivity (Wildman–Crippen MR) is 149 cm³/mol. The van der Waals surface area contributed by atoms with Crippen LogP contribution in [0, 0.1) is 0 Å². The van der Waals surface area contributed by atoms with Crippen LogP contribution >= 0.6 is 0 Å². The standard InChI is InChI=1S/4C7H12N2/c2*1-7(2,3)6-4-8-5-9-6;2*1-7(2,3)6-4-5-8-9-6/h4*4-5H,1-3H3,(H,8,9). The van der Waals surface area contributed by atoms with Crippen molar-refractivity contribution in [3.05, 3.63) is 72.4 Å². The summed E-state index contributed by atoms with van der Waals surface area (Å²) < 4.78 is 0. The Morgan fingerprint density at radius 1 is 0.472 bits per heavy atom. The summed E-state index contributed by atoms with van der Waals surface area (Å²) in [5.74, 6) is 0. The first kappa shape index (κ1) is 30.9. The van der Waals surface area contributed by atoms with Gasteiger partial charge in [-0.1, -0.05) is 83.1 Å². The van der Waals surface area contributed by atoms with Gasteiger partial charge in [0.05, 0.1) is 12.7 Å². The molecule has 0 amide bonds. The number of rotatable bonds is 0. The molecule has 4 heterocycles. The number of imidazole rings is 2. The van der Waals surface area contributed by atoms with E-state index in [2.05, 4.69) is 123 Å². The summed E-state index contributed by atoms with van der Waals surface area (Å²) >= 11 is 0. The lowest BCUT2D eigenvalue weighted by Crippen LogP contribution is -2.11. The maximum atomic E-state index is 3.93. The van der Waals surface area contributed by atoms with Crippen LogP contribution in [0.3, 0.4) is 0 Å². The van der Waals surface area contributed by atoms with E-state index in [9.17, 15) is 0 Å². The number of nitrogens with zero attached hydrogens (tertiary/aromatic N) is 4. The molecule has 0 aromatic carbocycles. The minimum Gasteiger partial charge on any atom is -0.348 e. The second-order valence-electron chi connectivity index (χ2n) is 12.9. The molecule has 0 aliphatic rings. The summed E-state index contributed by atoms with van der Waals surface area (Å²) in [5.41, 5.74) is 5.55. The molecular weight excluding hydrogens is 448 g/mol. The minimum atomic E-state index is 0.205. The summed E-state index contributed by atoms with van der Waals surface area (Å²) in [6.07, 6.45) is 10.7. The Balaban J connectivity index is 0.000000240. The van der Waals surface area contributed by atoms with Crippen molar-refractivity contribution in [2.24, 2.45) is 0 Å². The van der Waals surface area contributed by atoms with Gasteiger partial charge in [-0.2, -0.15) is 10.2 Å². The summed E-state index contributed by atoms with van der Waals surface area (Å²) in [5, 5.41) is 13.6. The summed E-state index contributed by atoms with van der Waals surface area (Å²) in [4.78, 5) is 14.0. The quantitative estimate of drug-likeness (QED) is 0.213. The van der Waals surface area contributed by atoms with Crippen molar-refractivity contribution in [1.29, 1.82) is 0 Å². The molecule has 4 rings (SSSR count). The van der Waals surface area contributed by atoms with Crippen molar-refractivity contribution in [2.75, 3.05) is 0 Å². The van der Waals surface area contributed by atoms with Crippen LogP contribution in [0.4, 0.5) is 0 Å². The Bertz CT molecular complexity index is 854. The first-order valence-corrected chi connectivity index (χ1v) is 12.4. The van der Waals surface area contributed by atoms with Crippen LogP contribution in [0.15, 0.2) is 49.6 Å². The number of nitrogens with one attached hydrogen (secondary N) is 4. The van der Waals surface area contributed by atoms with Gasteiger partial charge in [-0.15, -0.1) is 0 Å². The van der Waals surface area contributed by atoms with Crippen molar-refractivity contribution in [1.82, 2.24) is 40.3 Å². The lowest BCUT2D eigenvalue weighted by atomic mass is 9.93. The van der Waals surface area contributed by atoms with Crippen molar-refractivity contribution in [2.45, 2.75) is 105 Å². The molecule has 0 radical (unpaired) electrons. The first-order chi connectivity index (χ1) is 16.4. The van der Waals surface area contributed by atoms with Crippen molar-refractivity contribution >= 4 is 0 Å². The van der Waals surface area contributed by atoms with Gasteiger partial charge in [-0.3, -0.25) is 10.2 Å². The maximum absolute atomic E-state index is 3.93. The molecule has 8 heteroatoms. The number of hydrogen-bond acceptors (Lipinski definition) is 4. The topological polar surface area (TPSA) is 115 Å². The highest BCUT2D eigenvalue weighted by molar-refractivity contribution is 5.10. The minimum absolute atomic E-state index is 0.205. The molecule has 0 atom stereocenters. The zero-order chi connectivity index (χ0) is 27.6. The van der Waals surface area contributed by atoms with Gasteiger partial charge in [-0.05, 0) is 12.1 Å². The van der Waals surface area contributed by atoms with Crippen LogP contribution in [0.2, 0.25) is 0 Å². The second-order valence-corrected chi connectivity index (χ2v) is 12.9. The smallest absolute Gasteiger partial charge is 0.0921 e. The van der Waals surface area contributed by atoms with Gasteiger partial charge < -0.3 is 9.97 Å². The van der Waals surface area contributed by atoms with Crippen molar-refractivity contribution in [3.63, 3.8) is 0 Å². The third-order valence-corrected chi connectivity index (χ3v) is 5.23. The van der Waals surface area contributed by atoms with E-state index in [1.165, 1.54) is 22.8 Å². The van der Waals surface area contributed by atoms with Gasteiger partial charge in [0.25, 0.3) is 0 Å². The van der Waals surface area contributed by atoms with Crippen LogP contribution in [-0.2, 0) is 21.7 Å². The Morgan fingerprint density at radius 2 is 0.778 bits per heavy atom. The van der Waals surface area contributed by atoms with Crippen molar-refractivity contribution in [3.8, 4) is 0 Å². The average Bonchev–Trinajstić information content (AvgIpc) is 3.57. The highest BCUT2D eigenvalue weighted by atomic mass is 15.1. The predicted octanol–water partition coefficient (Wildman–Crippen LogP) is 6.83. The lowest BCUT2D eigenvalue weighted by molar-refractivity contribution is 0.566. The van der Waals surface area contributed by atoms with Gasteiger partial charge >= 0.3 is 0 Å². The molecule has 0 unspecified atom stereocenters. The molecule has 0 fully saturated rings. The van der Waals surface area contributed by atoms with Crippen LogP contribution in [-0.4, -0.2) is 40.3 Å². The first-order valence-electron chi connectivity index (χ1n) is 12.4. The van der Waals surface area contributed by atoms with Crippen LogP contribution < -0.4 is 0 Å². The maximum Gasteiger partial charge on any atom is 0.0921 e. The molecule has 0 saturated carbocycles. The van der Waals surface area contributed by atoms with Crippen LogP contribution in [0.1, 0.15) is 106 Å². The molecular formula is C28H48N8. The fourth-order valence-corrected chi connectivity index (χ4v) is 2.68. The van der Waals surface area contributed by atoms with Crippen LogP contribution in [0.5, 0.6) is 0 Å². The number of aromatic nitrogens is 8. The third kappa shape index (κ3) is 11.5. The van der Waals surface area contributed by atoms with Gasteiger partial charge in [0.1, 0.15) is 0 Å². The Morgan fingerprint density at radius 3 is 0.889 bits per heavy atom. The van der Waals surface area contributed by atoms with Gasteiger partial charge in [0, 0.05) is 69.2 Å². The Hall–Kier alpha value is -3.16. The molecule has 200 valence electrons. The zero-order valence-electron chi connectivity index (χ0n) is 24.4. The molecule has 0 bridgehead atoms. The summed E-state index contributed by atoms with van der Waals surface area (Å²) in [6, 6.07) is 4.00. The van der Waals surface area contributed by atoms with E-state index in [1.54, 1.807) is 25.0 Å². The number of aromatic amines is 4. The third-order valence-electron chi connectivity index (χ3n) is 5.23. The Kier molecular flexibility index (Phi) is 10.9. The SMILES string of the molecule is CC(C)(C)c1ccn[nH]1.CC(C)(C)c1ccn[nH]1.CC(C)(C)c1cnc[nH]1.CC(C)(C)c1cnc[nH]1. The zero-order valence-corrected chi connectivity index (χ0v) is 24.4. The van der Waals surface area contributed by atoms with Crippen LogP contribution in [0.25, 0.3) is 0 Å². The van der Waals surface area contributed by atoms with Gasteiger partial charge in [-0.25, -0.2) is 9.97 Å². The molecule has 0 aliphatic heterocycles. The lowest BCUT2D eigenvalue weighted by Gasteiger charge is -2.14. The van der Waals surface area contributed by atoms with E-state index in [0.717, 1.165) is 0 Å². The molecule has 0 spiro atoms. The molecule has 8 nitrogen and oxygen atoms in total. The normalized spacial score (nSPS) is 11.9. The van der Waals surface area contributed by atoms with E-state index in [4.69, 9.17) is 0 Å². The fraction of sp³-hybridized carbons (Fsp3) is 0.571. The molecule has 4 aromatic heterocycles.